The van der Waals surface area contributed by atoms with Gasteiger partial charge in [0.1, 0.15) is 17.3 Å². The lowest BCUT2D eigenvalue weighted by Gasteiger charge is -2.14. The van der Waals surface area contributed by atoms with E-state index >= 15 is 0 Å². The molecule has 1 N–H and O–H groups in total. The third-order valence-electron chi connectivity index (χ3n) is 2.98. The molecule has 0 spiro atoms. The van der Waals surface area contributed by atoms with Gasteiger partial charge in [-0.25, -0.2) is 4.98 Å². The van der Waals surface area contributed by atoms with Gasteiger partial charge in [0.25, 0.3) is 0 Å². The maximum Gasteiger partial charge on any atom is 0.387 e. The van der Waals surface area contributed by atoms with Crippen molar-refractivity contribution in [2.75, 3.05) is 12.4 Å². The highest BCUT2D eigenvalue weighted by Gasteiger charge is 2.11. The number of hydrogen-bond acceptors (Lipinski definition) is 4. The van der Waals surface area contributed by atoms with Gasteiger partial charge in [0.05, 0.1) is 19.3 Å². The third kappa shape index (κ3) is 3.84. The van der Waals surface area contributed by atoms with E-state index < -0.39 is 6.61 Å². The maximum atomic E-state index is 12.4. The Morgan fingerprint density at radius 1 is 1.38 bits per heavy atom. The van der Waals surface area contributed by atoms with E-state index in [4.69, 9.17) is 4.74 Å². The van der Waals surface area contributed by atoms with Crippen LogP contribution in [0.2, 0.25) is 0 Å². The summed E-state index contributed by atoms with van der Waals surface area (Å²) >= 11 is 0. The van der Waals surface area contributed by atoms with Crippen LogP contribution in [0.25, 0.3) is 0 Å². The summed E-state index contributed by atoms with van der Waals surface area (Å²) in [4.78, 5) is 4.22. The average Bonchev–Trinajstić information content (AvgIpc) is 2.93. The Balaban J connectivity index is 2.16. The summed E-state index contributed by atoms with van der Waals surface area (Å²) in [5.41, 5.74) is 0.431. The lowest BCUT2D eigenvalue weighted by Crippen LogP contribution is -2.10. The molecule has 1 aromatic carbocycles. The van der Waals surface area contributed by atoms with Gasteiger partial charge in [0.2, 0.25) is 0 Å². The molecule has 0 aliphatic heterocycles. The molecule has 0 atom stereocenters. The largest absolute Gasteiger partial charge is 0.497 e. The fourth-order valence-corrected chi connectivity index (χ4v) is 1.94. The summed E-state index contributed by atoms with van der Waals surface area (Å²) in [6, 6.07) is 4.62. The molecule has 1 heterocycles. The van der Waals surface area contributed by atoms with Crippen molar-refractivity contribution in [1.29, 1.82) is 0 Å². The van der Waals surface area contributed by atoms with Gasteiger partial charge >= 0.3 is 6.61 Å². The molecule has 0 saturated heterocycles. The number of imidazole rings is 1. The van der Waals surface area contributed by atoms with Crippen molar-refractivity contribution >= 4 is 5.69 Å². The van der Waals surface area contributed by atoms with Crippen LogP contribution >= 0.6 is 0 Å². The standard InChI is InChI=1S/C14H17F2N3O2/c1-3-19-7-6-17-13(19)9-18-11-8-10(20-2)4-5-12(11)21-14(15)16/h4-8,14,18H,3,9H2,1-2H3. The minimum Gasteiger partial charge on any atom is -0.497 e. The Hall–Kier alpha value is -2.31. The summed E-state index contributed by atoms with van der Waals surface area (Å²) < 4.78 is 36.4. The number of aromatic nitrogens is 2. The molecular formula is C14H17F2N3O2. The molecule has 0 saturated carbocycles. The highest BCUT2D eigenvalue weighted by Crippen LogP contribution is 2.30. The molecule has 5 nitrogen and oxygen atoms in total. The summed E-state index contributed by atoms with van der Waals surface area (Å²) in [5, 5.41) is 3.05. The van der Waals surface area contributed by atoms with Gasteiger partial charge in [-0.05, 0) is 19.1 Å². The van der Waals surface area contributed by atoms with Crippen molar-refractivity contribution in [2.45, 2.75) is 26.6 Å². The van der Waals surface area contributed by atoms with Crippen LogP contribution in [-0.4, -0.2) is 23.3 Å². The number of anilines is 1. The highest BCUT2D eigenvalue weighted by molar-refractivity contribution is 5.59. The predicted molar refractivity (Wildman–Crippen MR) is 74.9 cm³/mol. The first kappa shape index (κ1) is 15.1. The zero-order valence-corrected chi connectivity index (χ0v) is 11.8. The number of nitrogens with zero attached hydrogens (tertiary/aromatic N) is 2. The van der Waals surface area contributed by atoms with Crippen molar-refractivity contribution in [3.63, 3.8) is 0 Å². The summed E-state index contributed by atoms with van der Waals surface area (Å²) in [7, 11) is 1.51. The zero-order chi connectivity index (χ0) is 15.2. The zero-order valence-electron chi connectivity index (χ0n) is 11.8. The van der Waals surface area contributed by atoms with Crippen molar-refractivity contribution in [3.8, 4) is 11.5 Å². The molecule has 114 valence electrons. The number of alkyl halides is 2. The van der Waals surface area contributed by atoms with E-state index in [2.05, 4.69) is 15.0 Å². The number of benzene rings is 1. The van der Waals surface area contributed by atoms with Crippen LogP contribution < -0.4 is 14.8 Å². The summed E-state index contributed by atoms with van der Waals surface area (Å²) in [5.74, 6) is 1.43. The van der Waals surface area contributed by atoms with E-state index in [1.54, 1.807) is 18.3 Å². The van der Waals surface area contributed by atoms with Crippen LogP contribution in [0, 0.1) is 0 Å². The Bertz CT molecular complexity index is 587. The van der Waals surface area contributed by atoms with Crippen LogP contribution in [0.4, 0.5) is 14.5 Å². The lowest BCUT2D eigenvalue weighted by molar-refractivity contribution is -0.0494. The van der Waals surface area contributed by atoms with Gasteiger partial charge in [-0.3, -0.25) is 0 Å². The van der Waals surface area contributed by atoms with Gasteiger partial charge in [0.15, 0.2) is 0 Å². The van der Waals surface area contributed by atoms with Gasteiger partial charge in [0, 0.05) is 25.0 Å². The number of nitrogens with one attached hydrogen (secondary N) is 1. The van der Waals surface area contributed by atoms with Crippen LogP contribution in [-0.2, 0) is 13.1 Å². The van der Waals surface area contributed by atoms with E-state index in [0.29, 0.717) is 18.0 Å². The fourth-order valence-electron chi connectivity index (χ4n) is 1.94. The molecule has 0 aliphatic rings. The summed E-state index contributed by atoms with van der Waals surface area (Å²) in [6.45, 7) is 0.308. The third-order valence-corrected chi connectivity index (χ3v) is 2.98. The van der Waals surface area contributed by atoms with Crippen molar-refractivity contribution in [3.05, 3.63) is 36.4 Å². The maximum absolute atomic E-state index is 12.4. The molecule has 0 unspecified atom stereocenters. The van der Waals surface area contributed by atoms with Crippen LogP contribution in [0.15, 0.2) is 30.6 Å². The monoisotopic (exact) mass is 297 g/mol. The Morgan fingerprint density at radius 2 is 2.19 bits per heavy atom. The van der Waals surface area contributed by atoms with E-state index in [0.717, 1.165) is 12.4 Å². The number of rotatable bonds is 7. The van der Waals surface area contributed by atoms with Crippen LogP contribution in [0.5, 0.6) is 11.5 Å². The topological polar surface area (TPSA) is 48.3 Å². The SMILES string of the molecule is CCn1ccnc1CNc1cc(OC)ccc1OC(F)F. The second-order valence-corrected chi connectivity index (χ2v) is 4.22. The Kier molecular flexibility index (Phi) is 4.97. The first-order valence-corrected chi connectivity index (χ1v) is 6.50. The fraction of sp³-hybridized carbons (Fsp3) is 0.357. The van der Waals surface area contributed by atoms with E-state index in [9.17, 15) is 8.78 Å². The first-order valence-electron chi connectivity index (χ1n) is 6.50. The van der Waals surface area contributed by atoms with E-state index in [1.807, 2.05) is 17.7 Å². The minimum absolute atomic E-state index is 0.0698. The molecular weight excluding hydrogens is 280 g/mol. The van der Waals surface area contributed by atoms with Crippen molar-refractivity contribution < 1.29 is 18.3 Å². The minimum atomic E-state index is -2.88. The average molecular weight is 297 g/mol. The molecule has 0 fully saturated rings. The number of hydrogen-bond donors (Lipinski definition) is 1. The first-order chi connectivity index (χ1) is 10.1. The quantitative estimate of drug-likeness (QED) is 0.853. The Morgan fingerprint density at radius 3 is 2.86 bits per heavy atom. The number of halogens is 2. The number of aryl methyl sites for hydroxylation is 1. The predicted octanol–water partition coefficient (Wildman–Crippen LogP) is 3.13. The molecule has 0 radical (unpaired) electrons. The molecule has 0 bridgehead atoms. The van der Waals surface area contributed by atoms with Crippen LogP contribution in [0.1, 0.15) is 12.7 Å². The van der Waals surface area contributed by atoms with Gasteiger partial charge in [-0.2, -0.15) is 8.78 Å². The molecule has 1 aromatic heterocycles. The molecule has 2 aromatic rings. The molecule has 7 heteroatoms. The van der Waals surface area contributed by atoms with Gasteiger partial charge in [-0.15, -0.1) is 0 Å². The Labute approximate surface area is 121 Å². The molecule has 0 aliphatic carbocycles. The normalized spacial score (nSPS) is 10.7. The van der Waals surface area contributed by atoms with Gasteiger partial charge in [-0.1, -0.05) is 0 Å². The second kappa shape index (κ2) is 6.92. The van der Waals surface area contributed by atoms with Crippen molar-refractivity contribution in [1.82, 2.24) is 9.55 Å². The molecule has 2 rings (SSSR count). The van der Waals surface area contributed by atoms with E-state index in [1.165, 1.54) is 13.2 Å². The van der Waals surface area contributed by atoms with Crippen molar-refractivity contribution in [2.24, 2.45) is 0 Å². The highest BCUT2D eigenvalue weighted by atomic mass is 19.3. The smallest absolute Gasteiger partial charge is 0.387 e. The molecule has 21 heavy (non-hydrogen) atoms. The van der Waals surface area contributed by atoms with Gasteiger partial charge < -0.3 is 19.4 Å². The molecule has 0 amide bonds. The second-order valence-electron chi connectivity index (χ2n) is 4.22. The lowest BCUT2D eigenvalue weighted by atomic mass is 10.2. The van der Waals surface area contributed by atoms with E-state index in [-0.39, 0.29) is 5.75 Å². The number of methoxy groups -OCH3 is 1. The number of ether oxygens (including phenoxy) is 2. The summed E-state index contributed by atoms with van der Waals surface area (Å²) in [6.07, 6.45) is 3.56. The van der Waals surface area contributed by atoms with Crippen LogP contribution in [0.3, 0.4) is 0 Å².